The van der Waals surface area contributed by atoms with Crippen molar-refractivity contribution in [2.24, 2.45) is 0 Å². The third kappa shape index (κ3) is 3.75. The second kappa shape index (κ2) is 5.06. The Morgan fingerprint density at radius 2 is 1.72 bits per heavy atom. The topological polar surface area (TPSA) is 174 Å². The second-order valence-corrected chi connectivity index (χ2v) is 4.17. The Hall–Kier alpha value is -2.07. The Bertz CT molecular complexity index is 541. The van der Waals surface area contributed by atoms with Crippen LogP contribution in [0.4, 0.5) is 17.1 Å². The van der Waals surface area contributed by atoms with E-state index in [1.165, 1.54) is 5.20 Å². The monoisotopic (exact) mass is 276 g/mol. The lowest BCUT2D eigenvalue weighted by Crippen LogP contribution is -2.32. The number of anilines is 1. The molecule has 11 nitrogen and oxygen atoms in total. The van der Waals surface area contributed by atoms with Crippen molar-refractivity contribution in [1.29, 1.82) is 0 Å². The number of nitrogens with one attached hydrogen (secondary N) is 2. The zero-order valence-corrected chi connectivity index (χ0v) is 9.33. The fourth-order valence-corrected chi connectivity index (χ4v) is 1.28. The van der Waals surface area contributed by atoms with E-state index in [0.29, 0.717) is 6.07 Å². The highest BCUT2D eigenvalue weighted by atomic mass is 31.2. The van der Waals surface area contributed by atoms with E-state index in [4.69, 9.17) is 0 Å². The molecule has 12 heteroatoms. The number of hydrogen-bond acceptors (Lipinski definition) is 8. The first-order valence-electron chi connectivity index (χ1n) is 4.19. The summed E-state index contributed by atoms with van der Waals surface area (Å²) in [7, 11) is -5.13. The van der Waals surface area contributed by atoms with Crippen molar-refractivity contribution in [3.8, 4) is 0 Å². The molecule has 0 bridgehead atoms. The maximum absolute atomic E-state index is 10.6. The maximum Gasteiger partial charge on any atom is 0.300 e. The van der Waals surface area contributed by atoms with Gasteiger partial charge in [-0.1, -0.05) is 0 Å². The van der Waals surface area contributed by atoms with Gasteiger partial charge in [-0.15, -0.1) is 0 Å². The van der Waals surface area contributed by atoms with E-state index >= 15 is 0 Å². The van der Waals surface area contributed by atoms with Gasteiger partial charge in [0.25, 0.3) is 5.69 Å². The summed E-state index contributed by atoms with van der Waals surface area (Å²) in [6, 6.07) is 2.45. The van der Waals surface area contributed by atoms with Gasteiger partial charge >= 0.3 is 5.69 Å². The largest absolute Gasteiger partial charge is 0.798 e. The van der Waals surface area contributed by atoms with E-state index in [1.54, 1.807) is 5.43 Å². The molecule has 0 spiro atoms. The van der Waals surface area contributed by atoms with Crippen molar-refractivity contribution in [2.75, 3.05) is 5.43 Å². The van der Waals surface area contributed by atoms with Crippen LogP contribution in [-0.2, 0) is 4.57 Å². The summed E-state index contributed by atoms with van der Waals surface area (Å²) < 4.78 is 10.3. The summed E-state index contributed by atoms with van der Waals surface area (Å²) >= 11 is 0. The Morgan fingerprint density at radius 1 is 1.11 bits per heavy atom. The lowest BCUT2D eigenvalue weighted by atomic mass is 10.2. The summed E-state index contributed by atoms with van der Waals surface area (Å²) in [5.74, 6) is 0. The van der Waals surface area contributed by atoms with Gasteiger partial charge in [-0.2, -0.15) is 0 Å². The first-order chi connectivity index (χ1) is 8.20. The average molecular weight is 276 g/mol. The van der Waals surface area contributed by atoms with Crippen LogP contribution in [0.3, 0.4) is 0 Å². The summed E-state index contributed by atoms with van der Waals surface area (Å²) in [5.41, 5.74) is 0.120. The Labute approximate surface area is 98.9 Å². The highest BCUT2D eigenvalue weighted by Crippen LogP contribution is 2.29. The fourth-order valence-electron chi connectivity index (χ4n) is 1.02. The first-order valence-corrected chi connectivity index (χ1v) is 5.73. The van der Waals surface area contributed by atoms with Gasteiger partial charge in [0.2, 0.25) is 0 Å². The molecule has 1 rings (SSSR count). The number of non-ortho nitro benzene ring substituents is 1. The lowest BCUT2D eigenvalue weighted by Gasteiger charge is -2.30. The first kappa shape index (κ1) is 14.0. The second-order valence-electron chi connectivity index (χ2n) is 2.95. The number of hydrogen-bond donors (Lipinski definition) is 2. The summed E-state index contributed by atoms with van der Waals surface area (Å²) in [6.07, 6.45) is 0. The van der Waals surface area contributed by atoms with Crippen molar-refractivity contribution in [3.05, 3.63) is 38.4 Å². The van der Waals surface area contributed by atoms with Crippen LogP contribution in [0.2, 0.25) is 0 Å². The number of nitro benzene ring substituents is 2. The molecule has 0 saturated heterocycles. The quantitative estimate of drug-likeness (QED) is 0.398. The molecule has 0 unspecified atom stereocenters. The summed E-state index contributed by atoms with van der Waals surface area (Å²) in [6.45, 7) is 0. The molecule has 0 aromatic heterocycles. The third-order valence-corrected chi connectivity index (χ3v) is 2.10. The van der Waals surface area contributed by atoms with E-state index in [1.807, 2.05) is 0 Å². The Morgan fingerprint density at radius 3 is 2.17 bits per heavy atom. The predicted octanol–water partition coefficient (Wildman–Crippen LogP) is -0.752. The van der Waals surface area contributed by atoms with Gasteiger partial charge in [-0.3, -0.25) is 20.2 Å². The minimum atomic E-state index is -5.13. The van der Waals surface area contributed by atoms with Gasteiger partial charge in [0.1, 0.15) is 5.69 Å². The zero-order valence-electron chi connectivity index (χ0n) is 8.43. The third-order valence-electron chi connectivity index (χ3n) is 1.72. The molecule has 0 heterocycles. The molecule has 0 aliphatic rings. The number of rotatable bonds is 5. The number of nitrogens with zero attached hydrogens (tertiary/aromatic N) is 2. The molecule has 0 saturated carbocycles. The molecule has 0 amide bonds. The van der Waals surface area contributed by atoms with E-state index in [9.17, 15) is 34.6 Å². The zero-order chi connectivity index (χ0) is 13.9. The van der Waals surface area contributed by atoms with Crippen molar-refractivity contribution in [3.63, 3.8) is 0 Å². The molecule has 18 heavy (non-hydrogen) atoms. The standard InChI is InChI=1S/C6H7N4O7P/c11-9(12)4-1-2-5(6(3-4)10(13)14)7-8-18(15,16)17/h1-3,7H,(H3,8,15,16,17)/p-2. The van der Waals surface area contributed by atoms with Crippen LogP contribution in [0.1, 0.15) is 0 Å². The maximum atomic E-state index is 10.6. The molecule has 1 aromatic rings. The van der Waals surface area contributed by atoms with Crippen LogP contribution in [-0.4, -0.2) is 9.85 Å². The van der Waals surface area contributed by atoms with Gasteiger partial charge < -0.3 is 19.8 Å². The van der Waals surface area contributed by atoms with E-state index in [2.05, 4.69) is 0 Å². The normalized spacial score (nSPS) is 11.0. The molecule has 0 atom stereocenters. The number of nitro groups is 2. The average Bonchev–Trinajstić information content (AvgIpc) is 2.24. The van der Waals surface area contributed by atoms with Crippen molar-refractivity contribution in [1.82, 2.24) is 5.20 Å². The molecule has 98 valence electrons. The Balaban J connectivity index is 3.08. The van der Waals surface area contributed by atoms with Gasteiger partial charge in [0.05, 0.1) is 15.9 Å². The lowest BCUT2D eigenvalue weighted by molar-refractivity contribution is -0.393. The van der Waals surface area contributed by atoms with Crippen LogP contribution in [0, 0.1) is 20.2 Å². The highest BCUT2D eigenvalue weighted by molar-refractivity contribution is 7.46. The fraction of sp³-hybridized carbons (Fsp3) is 0. The molecule has 1 aromatic carbocycles. The summed E-state index contributed by atoms with van der Waals surface area (Å²) in [5, 5.41) is 22.3. The van der Waals surface area contributed by atoms with Crippen LogP contribution in [0.5, 0.6) is 0 Å². The van der Waals surface area contributed by atoms with Crippen molar-refractivity contribution >= 4 is 24.8 Å². The Kier molecular flexibility index (Phi) is 3.93. The van der Waals surface area contributed by atoms with Gasteiger partial charge in [0, 0.05) is 13.8 Å². The van der Waals surface area contributed by atoms with Crippen LogP contribution >= 0.6 is 7.75 Å². The predicted molar refractivity (Wildman–Crippen MR) is 54.1 cm³/mol. The number of hydrazine groups is 1. The van der Waals surface area contributed by atoms with E-state index in [-0.39, 0.29) is 0 Å². The van der Waals surface area contributed by atoms with Crippen LogP contribution < -0.4 is 20.4 Å². The molecule has 0 radical (unpaired) electrons. The van der Waals surface area contributed by atoms with Gasteiger partial charge in [-0.25, -0.2) is 5.20 Å². The number of benzene rings is 1. The van der Waals surface area contributed by atoms with Crippen LogP contribution in [0.25, 0.3) is 0 Å². The highest BCUT2D eigenvalue weighted by Gasteiger charge is 2.19. The molecule has 0 fully saturated rings. The SMILES string of the molecule is O=[N+]([O-])c1ccc(NNP(=O)([O-])[O-])c([N+](=O)[O-])c1. The molecular weight excluding hydrogens is 271 g/mol. The van der Waals surface area contributed by atoms with Gasteiger partial charge in [-0.05, 0) is 6.07 Å². The molecular formula is C6H5N4O7P-2. The van der Waals surface area contributed by atoms with Crippen molar-refractivity contribution < 1.29 is 24.2 Å². The molecule has 0 aliphatic heterocycles. The minimum Gasteiger partial charge on any atom is -0.798 e. The van der Waals surface area contributed by atoms with E-state index in [0.717, 1.165) is 12.1 Å². The van der Waals surface area contributed by atoms with E-state index < -0.39 is 34.7 Å². The summed E-state index contributed by atoms with van der Waals surface area (Å²) in [4.78, 5) is 39.8. The van der Waals surface area contributed by atoms with Gasteiger partial charge in [0.15, 0.2) is 0 Å². The minimum absolute atomic E-state index is 0.391. The molecule has 2 N–H and O–H groups in total. The smallest absolute Gasteiger partial charge is 0.300 e. The van der Waals surface area contributed by atoms with Crippen molar-refractivity contribution in [2.45, 2.75) is 0 Å². The van der Waals surface area contributed by atoms with Crippen LogP contribution in [0.15, 0.2) is 18.2 Å². The molecule has 0 aliphatic carbocycles.